The van der Waals surface area contributed by atoms with E-state index in [9.17, 15) is 0 Å². The van der Waals surface area contributed by atoms with Crippen molar-refractivity contribution >= 4 is 5.96 Å². The molecule has 1 aliphatic carbocycles. The highest BCUT2D eigenvalue weighted by atomic mass is 16.5. The third kappa shape index (κ3) is 9.79. The van der Waals surface area contributed by atoms with Crippen LogP contribution in [-0.4, -0.2) is 77.6 Å². The highest BCUT2D eigenvalue weighted by Crippen LogP contribution is 2.21. The molecule has 1 rings (SSSR count). The van der Waals surface area contributed by atoms with Gasteiger partial charge in [-0.2, -0.15) is 0 Å². The largest absolute Gasteiger partial charge is 0.382 e. The van der Waals surface area contributed by atoms with Crippen LogP contribution in [0.3, 0.4) is 0 Å². The van der Waals surface area contributed by atoms with Crippen LogP contribution >= 0.6 is 0 Å². The van der Waals surface area contributed by atoms with Crippen molar-refractivity contribution in [1.82, 2.24) is 15.5 Å². The molecule has 23 heavy (non-hydrogen) atoms. The average Bonchev–Trinajstić information content (AvgIpc) is 2.60. The number of hydrogen-bond acceptors (Lipinski definition) is 4. The van der Waals surface area contributed by atoms with E-state index in [2.05, 4.69) is 27.6 Å². The molecular weight excluding hydrogens is 292 g/mol. The molecule has 0 heterocycles. The van der Waals surface area contributed by atoms with Crippen LogP contribution in [0.5, 0.6) is 0 Å². The molecule has 1 fully saturated rings. The van der Waals surface area contributed by atoms with Crippen LogP contribution in [0, 0.1) is 0 Å². The van der Waals surface area contributed by atoms with E-state index in [0.717, 1.165) is 44.7 Å². The monoisotopic (exact) mass is 328 g/mol. The molecule has 0 unspecified atom stereocenters. The standard InChI is InChI=1S/C17H36N4O2/c1-18-17(19-10-7-13-23-15-14-22-3)20-11-12-21(2)16-8-5-4-6-9-16/h16H,4-15H2,1-3H3,(H2,18,19,20). The van der Waals surface area contributed by atoms with Gasteiger partial charge in [0.05, 0.1) is 13.2 Å². The van der Waals surface area contributed by atoms with Gasteiger partial charge in [0, 0.05) is 46.4 Å². The van der Waals surface area contributed by atoms with Gasteiger partial charge in [-0.3, -0.25) is 4.99 Å². The van der Waals surface area contributed by atoms with Crippen LogP contribution in [-0.2, 0) is 9.47 Å². The predicted molar refractivity (Wildman–Crippen MR) is 96.2 cm³/mol. The molecular formula is C17H36N4O2. The summed E-state index contributed by atoms with van der Waals surface area (Å²) in [5, 5.41) is 6.71. The molecule has 0 bridgehead atoms. The molecule has 6 nitrogen and oxygen atoms in total. The molecule has 0 atom stereocenters. The number of nitrogens with one attached hydrogen (secondary N) is 2. The first kappa shape index (κ1) is 20.2. The Morgan fingerprint density at radius 2 is 1.83 bits per heavy atom. The number of methoxy groups -OCH3 is 1. The summed E-state index contributed by atoms with van der Waals surface area (Å²) >= 11 is 0. The van der Waals surface area contributed by atoms with E-state index in [4.69, 9.17) is 9.47 Å². The fourth-order valence-electron chi connectivity index (χ4n) is 2.90. The van der Waals surface area contributed by atoms with Crippen LogP contribution in [0.15, 0.2) is 4.99 Å². The van der Waals surface area contributed by atoms with Crippen LogP contribution in [0.25, 0.3) is 0 Å². The molecule has 0 radical (unpaired) electrons. The van der Waals surface area contributed by atoms with Crippen LogP contribution < -0.4 is 10.6 Å². The first-order valence-electron chi connectivity index (χ1n) is 8.99. The molecule has 0 aromatic heterocycles. The molecule has 136 valence electrons. The zero-order valence-corrected chi connectivity index (χ0v) is 15.3. The SMILES string of the molecule is CN=C(NCCCOCCOC)NCCN(C)C1CCCCC1. The number of guanidine groups is 1. The van der Waals surface area contributed by atoms with Crippen LogP contribution in [0.4, 0.5) is 0 Å². The summed E-state index contributed by atoms with van der Waals surface area (Å²) in [6, 6.07) is 0.768. The van der Waals surface area contributed by atoms with Gasteiger partial charge < -0.3 is 25.0 Å². The molecule has 2 N–H and O–H groups in total. The van der Waals surface area contributed by atoms with Crippen molar-refractivity contribution in [3.8, 4) is 0 Å². The molecule has 1 aliphatic rings. The van der Waals surface area contributed by atoms with E-state index in [1.807, 2.05) is 7.05 Å². The second-order valence-corrected chi connectivity index (χ2v) is 6.16. The summed E-state index contributed by atoms with van der Waals surface area (Å²) in [6.07, 6.45) is 7.86. The summed E-state index contributed by atoms with van der Waals surface area (Å²) in [6.45, 7) is 4.92. The Morgan fingerprint density at radius 1 is 1.09 bits per heavy atom. The van der Waals surface area contributed by atoms with Crippen molar-refractivity contribution in [2.45, 2.75) is 44.6 Å². The Morgan fingerprint density at radius 3 is 2.52 bits per heavy atom. The summed E-state index contributed by atoms with van der Waals surface area (Å²) in [5.74, 6) is 0.874. The minimum absolute atomic E-state index is 0.658. The van der Waals surface area contributed by atoms with Gasteiger partial charge in [0.1, 0.15) is 0 Å². The lowest BCUT2D eigenvalue weighted by Crippen LogP contribution is -2.43. The highest BCUT2D eigenvalue weighted by Gasteiger charge is 2.17. The molecule has 0 saturated heterocycles. The molecule has 0 aromatic rings. The number of hydrogen-bond donors (Lipinski definition) is 2. The fraction of sp³-hybridized carbons (Fsp3) is 0.941. The zero-order valence-electron chi connectivity index (χ0n) is 15.3. The summed E-state index contributed by atoms with van der Waals surface area (Å²) < 4.78 is 10.4. The third-order valence-corrected chi connectivity index (χ3v) is 4.37. The smallest absolute Gasteiger partial charge is 0.191 e. The number of rotatable bonds is 11. The van der Waals surface area contributed by atoms with Crippen molar-refractivity contribution in [3.63, 3.8) is 0 Å². The van der Waals surface area contributed by atoms with E-state index < -0.39 is 0 Å². The summed E-state index contributed by atoms with van der Waals surface area (Å²) in [7, 11) is 5.74. The quantitative estimate of drug-likeness (QED) is 0.342. The highest BCUT2D eigenvalue weighted by molar-refractivity contribution is 5.79. The predicted octanol–water partition coefficient (Wildman–Crippen LogP) is 1.47. The molecule has 0 amide bonds. The van der Waals surface area contributed by atoms with Gasteiger partial charge in [-0.05, 0) is 26.3 Å². The molecule has 0 aromatic carbocycles. The first-order chi connectivity index (χ1) is 11.3. The Kier molecular flexibility index (Phi) is 11.9. The second kappa shape index (κ2) is 13.6. The van der Waals surface area contributed by atoms with Crippen molar-refractivity contribution in [2.75, 3.05) is 60.7 Å². The maximum Gasteiger partial charge on any atom is 0.191 e. The van der Waals surface area contributed by atoms with Gasteiger partial charge in [-0.15, -0.1) is 0 Å². The number of ether oxygens (including phenoxy) is 2. The van der Waals surface area contributed by atoms with E-state index >= 15 is 0 Å². The molecule has 6 heteroatoms. The minimum atomic E-state index is 0.658. The van der Waals surface area contributed by atoms with Gasteiger partial charge in [-0.1, -0.05) is 19.3 Å². The van der Waals surface area contributed by atoms with Gasteiger partial charge >= 0.3 is 0 Å². The number of nitrogens with zero attached hydrogens (tertiary/aromatic N) is 2. The molecule has 0 spiro atoms. The lowest BCUT2D eigenvalue weighted by atomic mass is 9.94. The van der Waals surface area contributed by atoms with Crippen molar-refractivity contribution in [1.29, 1.82) is 0 Å². The van der Waals surface area contributed by atoms with Gasteiger partial charge in [0.2, 0.25) is 0 Å². The number of aliphatic imine (C=N–C) groups is 1. The summed E-state index contributed by atoms with van der Waals surface area (Å²) in [4.78, 5) is 6.75. The normalized spacial score (nSPS) is 16.8. The Bertz CT molecular complexity index is 307. The zero-order chi connectivity index (χ0) is 16.8. The Hall–Kier alpha value is -0.850. The van der Waals surface area contributed by atoms with E-state index in [0.29, 0.717) is 13.2 Å². The van der Waals surface area contributed by atoms with Gasteiger partial charge in [0.15, 0.2) is 5.96 Å². The lowest BCUT2D eigenvalue weighted by molar-refractivity contribution is 0.0698. The van der Waals surface area contributed by atoms with E-state index in [1.54, 1.807) is 7.11 Å². The van der Waals surface area contributed by atoms with Gasteiger partial charge in [0.25, 0.3) is 0 Å². The maximum atomic E-state index is 5.44. The van der Waals surface area contributed by atoms with E-state index in [1.165, 1.54) is 32.1 Å². The third-order valence-electron chi connectivity index (χ3n) is 4.37. The van der Waals surface area contributed by atoms with Crippen molar-refractivity contribution in [2.24, 2.45) is 4.99 Å². The molecule has 1 saturated carbocycles. The van der Waals surface area contributed by atoms with Crippen molar-refractivity contribution in [3.05, 3.63) is 0 Å². The molecule has 0 aliphatic heterocycles. The Balaban J connectivity index is 2.02. The van der Waals surface area contributed by atoms with E-state index in [-0.39, 0.29) is 0 Å². The fourth-order valence-corrected chi connectivity index (χ4v) is 2.90. The lowest BCUT2D eigenvalue weighted by Gasteiger charge is -2.31. The maximum absolute atomic E-state index is 5.44. The first-order valence-corrected chi connectivity index (χ1v) is 8.99. The average molecular weight is 329 g/mol. The second-order valence-electron chi connectivity index (χ2n) is 6.16. The Labute approximate surface area is 142 Å². The summed E-state index contributed by atoms with van der Waals surface area (Å²) in [5.41, 5.74) is 0. The van der Waals surface area contributed by atoms with Crippen LogP contribution in [0.2, 0.25) is 0 Å². The van der Waals surface area contributed by atoms with Crippen molar-refractivity contribution < 1.29 is 9.47 Å². The van der Waals surface area contributed by atoms with Crippen LogP contribution in [0.1, 0.15) is 38.5 Å². The number of likely N-dealkylation sites (N-methyl/N-ethyl adjacent to an activating group) is 1. The van der Waals surface area contributed by atoms with Gasteiger partial charge in [-0.25, -0.2) is 0 Å². The topological polar surface area (TPSA) is 58.1 Å². The minimum Gasteiger partial charge on any atom is -0.382 e.